The molecule has 0 heterocycles. The number of hydrogen-bond acceptors (Lipinski definition) is 2. The summed E-state index contributed by atoms with van der Waals surface area (Å²) in [6.45, 7) is 0. The van der Waals surface area contributed by atoms with Gasteiger partial charge in [-0.2, -0.15) is 5.26 Å². The fourth-order valence-electron chi connectivity index (χ4n) is 4.42. The highest BCUT2D eigenvalue weighted by Crippen LogP contribution is 2.59. The normalized spacial score (nSPS) is 54.6. The van der Waals surface area contributed by atoms with E-state index in [1.165, 1.54) is 32.1 Å². The Kier molecular flexibility index (Phi) is 1.70. The van der Waals surface area contributed by atoms with Crippen LogP contribution in [0.2, 0.25) is 0 Å². The molecule has 0 atom stereocenters. The van der Waals surface area contributed by atoms with Crippen molar-refractivity contribution in [3.05, 3.63) is 0 Å². The van der Waals surface area contributed by atoms with Crippen LogP contribution in [0.1, 0.15) is 38.5 Å². The predicted molar refractivity (Wildman–Crippen MR) is 52.2 cm³/mol. The Morgan fingerprint density at radius 1 is 1.07 bits per heavy atom. The average Bonchev–Trinajstić information content (AvgIpc) is 2.14. The smallest absolute Gasteiger partial charge is 0.0833 e. The Morgan fingerprint density at radius 2 is 1.57 bits per heavy atom. The van der Waals surface area contributed by atoms with Crippen LogP contribution in [0.25, 0.3) is 0 Å². The molecule has 1 N–H and O–H groups in total. The maximum atomic E-state index is 10.6. The molecular weight excluding hydrogens is 174 g/mol. The molecule has 0 aromatic heterocycles. The summed E-state index contributed by atoms with van der Waals surface area (Å²) in [5.41, 5.74) is -0.609. The number of nitriles is 1. The molecule has 2 heteroatoms. The number of hydrogen-bond donors (Lipinski definition) is 1. The van der Waals surface area contributed by atoms with Crippen LogP contribution in [0.3, 0.4) is 0 Å². The Labute approximate surface area is 84.9 Å². The quantitative estimate of drug-likeness (QED) is 0.689. The molecule has 0 spiro atoms. The van der Waals surface area contributed by atoms with Crippen molar-refractivity contribution in [2.24, 2.45) is 23.7 Å². The van der Waals surface area contributed by atoms with Gasteiger partial charge in [0.2, 0.25) is 0 Å². The summed E-state index contributed by atoms with van der Waals surface area (Å²) in [5.74, 6) is 2.63. The van der Waals surface area contributed by atoms with Crippen LogP contribution in [0.4, 0.5) is 0 Å². The van der Waals surface area contributed by atoms with E-state index >= 15 is 0 Å². The van der Waals surface area contributed by atoms with E-state index in [4.69, 9.17) is 5.26 Å². The lowest BCUT2D eigenvalue weighted by Crippen LogP contribution is -2.57. The first-order valence-electron chi connectivity index (χ1n) is 5.81. The van der Waals surface area contributed by atoms with Crippen molar-refractivity contribution < 1.29 is 5.11 Å². The topological polar surface area (TPSA) is 44.0 Å². The molecule has 4 aliphatic carbocycles. The number of rotatable bonds is 1. The Hall–Kier alpha value is -0.550. The number of nitrogens with zero attached hydrogens (tertiary/aromatic N) is 1. The highest BCUT2D eigenvalue weighted by Gasteiger charge is 2.56. The summed E-state index contributed by atoms with van der Waals surface area (Å²) in [7, 11) is 0. The summed E-state index contributed by atoms with van der Waals surface area (Å²) in [6, 6.07) is 2.19. The minimum absolute atomic E-state index is 0.363. The van der Waals surface area contributed by atoms with Gasteiger partial charge in [-0.05, 0) is 55.8 Å². The lowest BCUT2D eigenvalue weighted by molar-refractivity contribution is -0.169. The van der Waals surface area contributed by atoms with Gasteiger partial charge in [0.25, 0.3) is 0 Å². The maximum Gasteiger partial charge on any atom is 0.0833 e. The molecule has 2 nitrogen and oxygen atoms in total. The summed E-state index contributed by atoms with van der Waals surface area (Å²) >= 11 is 0. The van der Waals surface area contributed by atoms with E-state index in [0.29, 0.717) is 18.3 Å². The number of aliphatic hydroxyl groups is 1. The van der Waals surface area contributed by atoms with Gasteiger partial charge in [0, 0.05) is 0 Å². The van der Waals surface area contributed by atoms with Crippen LogP contribution in [0.5, 0.6) is 0 Å². The fraction of sp³-hybridized carbons (Fsp3) is 0.917. The summed E-state index contributed by atoms with van der Waals surface area (Å²) in [6.07, 6.45) is 6.50. The molecule has 4 aliphatic rings. The molecule has 0 aromatic carbocycles. The SMILES string of the molecule is N#CCC1(O)C2CC3CC(C2)CC1C3. The van der Waals surface area contributed by atoms with Gasteiger partial charge in [-0.3, -0.25) is 0 Å². The van der Waals surface area contributed by atoms with Crippen LogP contribution in [0.15, 0.2) is 0 Å². The summed E-state index contributed by atoms with van der Waals surface area (Å²) < 4.78 is 0. The Morgan fingerprint density at radius 3 is 2.00 bits per heavy atom. The molecule has 4 rings (SSSR count). The Balaban J connectivity index is 1.91. The highest BCUT2D eigenvalue weighted by atomic mass is 16.3. The van der Waals surface area contributed by atoms with Crippen molar-refractivity contribution in [1.29, 1.82) is 5.26 Å². The van der Waals surface area contributed by atoms with Gasteiger partial charge in [-0.15, -0.1) is 0 Å². The van der Waals surface area contributed by atoms with Crippen LogP contribution in [-0.2, 0) is 0 Å². The zero-order valence-electron chi connectivity index (χ0n) is 8.45. The maximum absolute atomic E-state index is 10.6. The summed E-state index contributed by atoms with van der Waals surface area (Å²) in [5, 5.41) is 19.4. The molecule has 4 bridgehead atoms. The molecule has 0 unspecified atom stereocenters. The van der Waals surface area contributed by atoms with E-state index < -0.39 is 5.60 Å². The molecule has 0 saturated heterocycles. The predicted octanol–water partition coefficient (Wildman–Crippen LogP) is 2.09. The van der Waals surface area contributed by atoms with Crippen LogP contribution in [-0.4, -0.2) is 10.7 Å². The first-order chi connectivity index (χ1) is 6.72. The third kappa shape index (κ3) is 0.995. The van der Waals surface area contributed by atoms with Crippen LogP contribution < -0.4 is 0 Å². The van der Waals surface area contributed by atoms with Crippen molar-refractivity contribution in [3.8, 4) is 6.07 Å². The van der Waals surface area contributed by atoms with Crippen molar-refractivity contribution >= 4 is 0 Å². The van der Waals surface area contributed by atoms with Gasteiger partial charge in [0.1, 0.15) is 0 Å². The van der Waals surface area contributed by atoms with E-state index in [1.54, 1.807) is 0 Å². The summed E-state index contributed by atoms with van der Waals surface area (Å²) in [4.78, 5) is 0. The van der Waals surface area contributed by atoms with Crippen LogP contribution in [0, 0.1) is 35.0 Å². The average molecular weight is 191 g/mol. The molecular formula is C12H17NO. The minimum Gasteiger partial charge on any atom is -0.388 e. The zero-order chi connectivity index (χ0) is 9.76. The van der Waals surface area contributed by atoms with Gasteiger partial charge >= 0.3 is 0 Å². The van der Waals surface area contributed by atoms with Gasteiger partial charge in [0.05, 0.1) is 18.1 Å². The fourth-order valence-corrected chi connectivity index (χ4v) is 4.42. The van der Waals surface area contributed by atoms with Crippen molar-refractivity contribution in [1.82, 2.24) is 0 Å². The lowest BCUT2D eigenvalue weighted by Gasteiger charge is -2.58. The molecule has 76 valence electrons. The van der Waals surface area contributed by atoms with Crippen molar-refractivity contribution in [2.45, 2.75) is 44.1 Å². The third-order valence-electron chi connectivity index (χ3n) is 4.91. The molecule has 0 aromatic rings. The standard InChI is InChI=1S/C12H17NO/c13-2-1-12(14)10-4-8-3-9(6-10)7-11(12)5-8/h8-11,14H,1,3-7H2. The first-order valence-corrected chi connectivity index (χ1v) is 5.81. The monoisotopic (exact) mass is 191 g/mol. The molecule has 0 radical (unpaired) electrons. The second kappa shape index (κ2) is 2.73. The second-order valence-corrected chi connectivity index (χ2v) is 5.63. The van der Waals surface area contributed by atoms with E-state index in [1.807, 2.05) is 0 Å². The largest absolute Gasteiger partial charge is 0.388 e. The van der Waals surface area contributed by atoms with Gasteiger partial charge in [0.15, 0.2) is 0 Å². The Bertz CT molecular complexity index is 263. The van der Waals surface area contributed by atoms with Gasteiger partial charge in [-0.1, -0.05) is 0 Å². The van der Waals surface area contributed by atoms with Gasteiger partial charge < -0.3 is 5.11 Å². The molecule has 4 saturated carbocycles. The first kappa shape index (κ1) is 8.73. The lowest BCUT2D eigenvalue weighted by atomic mass is 9.49. The van der Waals surface area contributed by atoms with Crippen molar-refractivity contribution in [3.63, 3.8) is 0 Å². The molecule has 0 amide bonds. The van der Waals surface area contributed by atoms with E-state index in [-0.39, 0.29) is 0 Å². The molecule has 0 aliphatic heterocycles. The zero-order valence-corrected chi connectivity index (χ0v) is 8.45. The second-order valence-electron chi connectivity index (χ2n) is 5.63. The van der Waals surface area contributed by atoms with Crippen LogP contribution >= 0.6 is 0 Å². The highest BCUT2D eigenvalue weighted by molar-refractivity contribution is 5.09. The molecule has 14 heavy (non-hydrogen) atoms. The van der Waals surface area contributed by atoms with E-state index in [9.17, 15) is 5.11 Å². The van der Waals surface area contributed by atoms with Crippen molar-refractivity contribution in [2.75, 3.05) is 0 Å². The molecule has 4 fully saturated rings. The van der Waals surface area contributed by atoms with Gasteiger partial charge in [-0.25, -0.2) is 0 Å². The van der Waals surface area contributed by atoms with E-state index in [0.717, 1.165) is 11.8 Å². The van der Waals surface area contributed by atoms with E-state index in [2.05, 4.69) is 6.07 Å². The minimum atomic E-state index is -0.609. The third-order valence-corrected chi connectivity index (χ3v) is 4.91.